The van der Waals surface area contributed by atoms with Crippen LogP contribution in [0.1, 0.15) is 367 Å². The lowest BCUT2D eigenvalue weighted by Gasteiger charge is -2.22. The Kier molecular flexibility index (Phi) is 63.0. The number of carbonyl (C=O) groups excluding carboxylic acids is 2. The van der Waals surface area contributed by atoms with Gasteiger partial charge in [-0.15, -0.1) is 0 Å². The van der Waals surface area contributed by atoms with Gasteiger partial charge in [0.15, 0.2) is 0 Å². The maximum absolute atomic E-state index is 12.5. The first-order valence-electron chi connectivity index (χ1n) is 33.8. The molecule has 2 unspecified atom stereocenters. The molecule has 442 valence electrons. The van der Waals surface area contributed by atoms with E-state index in [1.807, 2.05) is 0 Å². The molecule has 6 nitrogen and oxygen atoms in total. The normalized spacial score (nSPS) is 12.7. The van der Waals surface area contributed by atoms with Crippen LogP contribution in [0.4, 0.5) is 0 Å². The maximum atomic E-state index is 12.5. The first-order chi connectivity index (χ1) is 37.0. The molecule has 0 fully saturated rings. The van der Waals surface area contributed by atoms with Gasteiger partial charge in [-0.25, -0.2) is 0 Å². The monoisotopic (exact) mass is 1050 g/mol. The topological polar surface area (TPSA) is 95.9 Å². The van der Waals surface area contributed by atoms with Crippen LogP contribution in [0.25, 0.3) is 0 Å². The van der Waals surface area contributed by atoms with Crippen molar-refractivity contribution < 1.29 is 24.5 Å². The second kappa shape index (κ2) is 64.6. The third kappa shape index (κ3) is 61.2. The van der Waals surface area contributed by atoms with E-state index < -0.39 is 12.1 Å². The van der Waals surface area contributed by atoms with Crippen LogP contribution in [0.5, 0.6) is 0 Å². The number of aliphatic hydroxyl groups excluding tert-OH is 2. The molecule has 0 rings (SSSR count). The molecule has 75 heavy (non-hydrogen) atoms. The number of amides is 1. The van der Waals surface area contributed by atoms with Crippen LogP contribution < -0.4 is 5.32 Å². The van der Waals surface area contributed by atoms with E-state index in [0.717, 1.165) is 70.6 Å². The Morgan fingerprint density at radius 1 is 0.373 bits per heavy atom. The maximum Gasteiger partial charge on any atom is 0.305 e. The summed E-state index contributed by atoms with van der Waals surface area (Å²) in [6.45, 7) is 4.93. The van der Waals surface area contributed by atoms with E-state index in [1.165, 1.54) is 263 Å². The van der Waals surface area contributed by atoms with E-state index in [-0.39, 0.29) is 18.5 Å². The summed E-state index contributed by atoms with van der Waals surface area (Å²) in [5.74, 6) is -0.0619. The minimum absolute atomic E-state index is 0.0206. The van der Waals surface area contributed by atoms with Crippen LogP contribution in [-0.2, 0) is 14.3 Å². The Morgan fingerprint density at radius 3 is 1.03 bits per heavy atom. The molecule has 0 bridgehead atoms. The first-order valence-corrected chi connectivity index (χ1v) is 33.8. The second-order valence-electron chi connectivity index (χ2n) is 23.2. The highest BCUT2D eigenvalue weighted by Gasteiger charge is 2.20. The number of nitrogens with one attached hydrogen (secondary N) is 1. The zero-order chi connectivity index (χ0) is 54.3. The zero-order valence-electron chi connectivity index (χ0n) is 50.5. The number of ether oxygens (including phenoxy) is 1. The van der Waals surface area contributed by atoms with Crippen LogP contribution in [-0.4, -0.2) is 47.4 Å². The number of carbonyl (C=O) groups is 2. The van der Waals surface area contributed by atoms with Crippen molar-refractivity contribution in [3.8, 4) is 0 Å². The molecule has 0 saturated heterocycles. The third-order valence-electron chi connectivity index (χ3n) is 15.7. The highest BCUT2D eigenvalue weighted by atomic mass is 16.5. The lowest BCUT2D eigenvalue weighted by Crippen LogP contribution is -2.45. The van der Waals surface area contributed by atoms with Crippen LogP contribution in [0.15, 0.2) is 36.5 Å². The fourth-order valence-corrected chi connectivity index (χ4v) is 10.5. The van der Waals surface area contributed by atoms with Crippen molar-refractivity contribution >= 4 is 11.9 Å². The fourth-order valence-electron chi connectivity index (χ4n) is 10.5. The molecule has 1 amide bonds. The Labute approximate surface area is 468 Å². The molecule has 0 aromatic carbocycles. The Balaban J connectivity index is 3.47. The van der Waals surface area contributed by atoms with Gasteiger partial charge in [-0.3, -0.25) is 9.59 Å². The van der Waals surface area contributed by atoms with E-state index in [9.17, 15) is 19.8 Å². The van der Waals surface area contributed by atoms with Crippen molar-refractivity contribution in [3.05, 3.63) is 36.5 Å². The van der Waals surface area contributed by atoms with Gasteiger partial charge in [-0.1, -0.05) is 307 Å². The number of allylic oxidation sites excluding steroid dienone is 6. The molecule has 2 atom stereocenters. The molecule has 0 heterocycles. The average Bonchev–Trinajstić information content (AvgIpc) is 3.41. The Morgan fingerprint density at radius 2 is 0.667 bits per heavy atom. The number of hydrogen-bond acceptors (Lipinski definition) is 5. The Hall–Kier alpha value is -1.92. The first kappa shape index (κ1) is 73.1. The summed E-state index contributed by atoms with van der Waals surface area (Å²) >= 11 is 0. The molecular formula is C69H131NO5. The molecule has 6 heteroatoms. The van der Waals surface area contributed by atoms with Crippen LogP contribution >= 0.6 is 0 Å². The molecule has 3 N–H and O–H groups in total. The molecule has 0 aromatic rings. The summed E-state index contributed by atoms with van der Waals surface area (Å²) in [5.41, 5.74) is 0. The number of rotatable bonds is 63. The van der Waals surface area contributed by atoms with Crippen molar-refractivity contribution in [2.24, 2.45) is 0 Å². The summed E-state index contributed by atoms with van der Waals surface area (Å²) in [7, 11) is 0. The lowest BCUT2D eigenvalue weighted by molar-refractivity contribution is -0.143. The smallest absolute Gasteiger partial charge is 0.305 e. The van der Waals surface area contributed by atoms with Gasteiger partial charge in [0, 0.05) is 12.8 Å². The lowest BCUT2D eigenvalue weighted by atomic mass is 10.0. The van der Waals surface area contributed by atoms with Gasteiger partial charge < -0.3 is 20.3 Å². The number of hydrogen-bond donors (Lipinski definition) is 3. The average molecular weight is 1050 g/mol. The summed E-state index contributed by atoms with van der Waals surface area (Å²) in [6, 6.07) is -0.551. The number of unbranched alkanes of at least 4 members (excludes halogenated alkanes) is 47. The molecule has 0 aliphatic rings. The zero-order valence-corrected chi connectivity index (χ0v) is 50.5. The van der Waals surface area contributed by atoms with E-state index in [1.54, 1.807) is 0 Å². The quantitative estimate of drug-likeness (QED) is 0.0244. The van der Waals surface area contributed by atoms with Crippen LogP contribution in [0.3, 0.4) is 0 Å². The highest BCUT2D eigenvalue weighted by molar-refractivity contribution is 5.76. The summed E-state index contributed by atoms with van der Waals surface area (Å²) < 4.78 is 5.46. The van der Waals surface area contributed by atoms with E-state index in [0.29, 0.717) is 25.9 Å². The van der Waals surface area contributed by atoms with Gasteiger partial charge in [0.1, 0.15) is 0 Å². The van der Waals surface area contributed by atoms with E-state index in [2.05, 4.69) is 55.6 Å². The summed E-state index contributed by atoms with van der Waals surface area (Å²) in [6.07, 6.45) is 81.7. The Bertz CT molecular complexity index is 1210. The van der Waals surface area contributed by atoms with Crippen molar-refractivity contribution in [1.29, 1.82) is 0 Å². The molecule has 0 spiro atoms. The predicted octanol–water partition coefficient (Wildman–Crippen LogP) is 21.5. The van der Waals surface area contributed by atoms with Gasteiger partial charge in [-0.05, 0) is 83.5 Å². The van der Waals surface area contributed by atoms with Gasteiger partial charge >= 0.3 is 5.97 Å². The van der Waals surface area contributed by atoms with Crippen molar-refractivity contribution in [1.82, 2.24) is 5.32 Å². The largest absolute Gasteiger partial charge is 0.466 e. The predicted molar refractivity (Wildman–Crippen MR) is 329 cm³/mol. The fraction of sp³-hybridized carbons (Fsp3) is 0.884. The van der Waals surface area contributed by atoms with Gasteiger partial charge in [0.2, 0.25) is 5.91 Å². The second-order valence-corrected chi connectivity index (χ2v) is 23.2. The highest BCUT2D eigenvalue weighted by Crippen LogP contribution is 2.18. The van der Waals surface area contributed by atoms with Crippen molar-refractivity contribution in [2.45, 2.75) is 379 Å². The standard InChI is InChI=1S/C69H131NO5/c1-3-5-7-9-11-13-15-17-19-20-21-22-23-24-25-27-30-34-37-41-45-49-53-57-61-67(72)66(65-71)70-68(73)62-58-54-50-46-42-38-35-31-28-26-29-32-36-40-44-48-52-56-60-64-75-69(74)63-59-55-51-47-43-39-33-18-16-14-12-10-8-6-4-2/h18,32-33,36,40,44,66-67,71-72H,3-17,19-31,34-35,37-39,41-43,45-65H2,1-2H3,(H,70,73)/b33-18-,36-32-,44-40-. The van der Waals surface area contributed by atoms with Crippen LogP contribution in [0.2, 0.25) is 0 Å². The summed E-state index contributed by atoms with van der Waals surface area (Å²) in [5, 5.41) is 23.4. The number of aliphatic hydroxyl groups is 2. The third-order valence-corrected chi connectivity index (χ3v) is 15.7. The molecular weight excluding hydrogens is 923 g/mol. The van der Waals surface area contributed by atoms with E-state index >= 15 is 0 Å². The van der Waals surface area contributed by atoms with Crippen LogP contribution in [0, 0.1) is 0 Å². The SMILES string of the molecule is CCCCCCCC/C=C\CCCCCCCC(=O)OCCCCC/C=C\C=C/CCCCCCCCCCCCC(=O)NC(CO)C(O)CCCCCCCCCCCCCCCCCCCCCCCCCC. The molecule has 0 aromatic heterocycles. The van der Waals surface area contributed by atoms with Gasteiger partial charge in [0.25, 0.3) is 0 Å². The van der Waals surface area contributed by atoms with Crippen molar-refractivity contribution in [2.75, 3.05) is 13.2 Å². The minimum atomic E-state index is -0.673. The van der Waals surface area contributed by atoms with Gasteiger partial charge in [0.05, 0.1) is 25.4 Å². The molecule has 0 aliphatic carbocycles. The molecule has 0 aliphatic heterocycles. The van der Waals surface area contributed by atoms with E-state index in [4.69, 9.17) is 4.74 Å². The molecule has 0 saturated carbocycles. The minimum Gasteiger partial charge on any atom is -0.466 e. The summed E-state index contributed by atoms with van der Waals surface area (Å²) in [4.78, 5) is 24.6. The molecule has 0 radical (unpaired) electrons. The van der Waals surface area contributed by atoms with Gasteiger partial charge in [-0.2, -0.15) is 0 Å². The van der Waals surface area contributed by atoms with Crippen molar-refractivity contribution in [3.63, 3.8) is 0 Å². The number of esters is 1.